The number of nitrogens with zero attached hydrogens (tertiary/aromatic N) is 1. The summed E-state index contributed by atoms with van der Waals surface area (Å²) < 4.78 is 46.4. The molecular weight excluding hydrogens is 251 g/mol. The number of halogens is 3. The van der Waals surface area contributed by atoms with Gasteiger partial charge < -0.3 is 4.74 Å². The van der Waals surface area contributed by atoms with E-state index in [0.717, 1.165) is 12.1 Å². The summed E-state index contributed by atoms with van der Waals surface area (Å²) in [7, 11) is 0. The van der Waals surface area contributed by atoms with Crippen LogP contribution in [-0.4, -0.2) is 4.37 Å². The molecule has 0 saturated heterocycles. The molecule has 90 valence electrons. The van der Waals surface area contributed by atoms with Crippen molar-refractivity contribution >= 4 is 11.5 Å². The van der Waals surface area contributed by atoms with Gasteiger partial charge >= 0.3 is 6.18 Å². The molecule has 0 bridgehead atoms. The molecule has 0 spiro atoms. The van der Waals surface area contributed by atoms with Gasteiger partial charge in [-0.15, -0.1) is 0 Å². The van der Waals surface area contributed by atoms with Gasteiger partial charge in [0.2, 0.25) is 0 Å². The van der Waals surface area contributed by atoms with Gasteiger partial charge in [0.05, 0.1) is 17.1 Å². The van der Waals surface area contributed by atoms with Crippen LogP contribution in [0.1, 0.15) is 11.1 Å². The topological polar surface area (TPSA) is 22.1 Å². The molecule has 2 aromatic rings. The number of hydrogen-bond donors (Lipinski definition) is 0. The second-order valence-corrected chi connectivity index (χ2v) is 4.00. The van der Waals surface area contributed by atoms with E-state index in [9.17, 15) is 13.2 Å². The predicted molar refractivity (Wildman–Crippen MR) is 57.9 cm³/mol. The standard InChI is InChI=1S/C11H8F3NOS/c12-11(13,14)9-3-1-2-8(4-9)6-16-10-5-15-17-7-10/h1-5,7H,6H2. The van der Waals surface area contributed by atoms with Crippen LogP contribution in [0.5, 0.6) is 5.75 Å². The Morgan fingerprint density at radius 1 is 1.29 bits per heavy atom. The largest absolute Gasteiger partial charge is 0.486 e. The third-order valence-corrected chi connectivity index (χ3v) is 2.63. The fourth-order valence-corrected chi connectivity index (χ4v) is 1.73. The number of aromatic nitrogens is 1. The van der Waals surface area contributed by atoms with Crippen LogP contribution in [0.15, 0.2) is 35.8 Å². The summed E-state index contributed by atoms with van der Waals surface area (Å²) in [6.45, 7) is 0.0995. The molecule has 2 nitrogen and oxygen atoms in total. The van der Waals surface area contributed by atoms with Crippen LogP contribution in [0.25, 0.3) is 0 Å². The Morgan fingerprint density at radius 3 is 2.76 bits per heavy atom. The zero-order valence-electron chi connectivity index (χ0n) is 8.57. The van der Waals surface area contributed by atoms with Crippen molar-refractivity contribution in [1.29, 1.82) is 0 Å². The van der Waals surface area contributed by atoms with E-state index in [4.69, 9.17) is 4.74 Å². The summed E-state index contributed by atoms with van der Waals surface area (Å²) in [5.41, 5.74) is -0.187. The van der Waals surface area contributed by atoms with Crippen LogP contribution < -0.4 is 4.74 Å². The third kappa shape index (κ3) is 3.20. The van der Waals surface area contributed by atoms with E-state index in [2.05, 4.69) is 4.37 Å². The Hall–Kier alpha value is -1.56. The highest BCUT2D eigenvalue weighted by molar-refractivity contribution is 7.03. The van der Waals surface area contributed by atoms with Crippen LogP contribution in [0.4, 0.5) is 13.2 Å². The van der Waals surface area contributed by atoms with Crippen LogP contribution in [0.2, 0.25) is 0 Å². The zero-order valence-corrected chi connectivity index (χ0v) is 9.39. The van der Waals surface area contributed by atoms with Gasteiger partial charge in [0.1, 0.15) is 6.61 Å². The van der Waals surface area contributed by atoms with Gasteiger partial charge in [-0.3, -0.25) is 0 Å². The molecule has 0 aliphatic rings. The van der Waals surface area contributed by atoms with E-state index < -0.39 is 11.7 Å². The van der Waals surface area contributed by atoms with Gasteiger partial charge in [-0.25, -0.2) is 0 Å². The highest BCUT2D eigenvalue weighted by Gasteiger charge is 2.30. The summed E-state index contributed by atoms with van der Waals surface area (Å²) in [6, 6.07) is 5.08. The number of alkyl halides is 3. The highest BCUT2D eigenvalue weighted by atomic mass is 32.1. The molecule has 0 atom stereocenters. The smallest absolute Gasteiger partial charge is 0.416 e. The Kier molecular flexibility index (Phi) is 3.33. The molecule has 17 heavy (non-hydrogen) atoms. The van der Waals surface area contributed by atoms with E-state index in [-0.39, 0.29) is 6.61 Å². The van der Waals surface area contributed by atoms with Gasteiger partial charge in [-0.1, -0.05) is 12.1 Å². The molecule has 0 N–H and O–H groups in total. The Balaban J connectivity index is 2.07. The summed E-state index contributed by atoms with van der Waals surface area (Å²) >= 11 is 1.23. The number of benzene rings is 1. The van der Waals surface area contributed by atoms with Crippen LogP contribution in [-0.2, 0) is 12.8 Å². The van der Waals surface area contributed by atoms with Crippen molar-refractivity contribution < 1.29 is 17.9 Å². The molecule has 0 unspecified atom stereocenters. The quantitative estimate of drug-likeness (QED) is 0.837. The maximum atomic E-state index is 12.4. The van der Waals surface area contributed by atoms with E-state index in [1.54, 1.807) is 11.4 Å². The van der Waals surface area contributed by atoms with Gasteiger partial charge in [0, 0.05) is 0 Å². The average molecular weight is 259 g/mol. The second-order valence-electron chi connectivity index (χ2n) is 3.35. The van der Waals surface area contributed by atoms with E-state index >= 15 is 0 Å². The monoisotopic (exact) mass is 259 g/mol. The maximum absolute atomic E-state index is 12.4. The highest BCUT2D eigenvalue weighted by Crippen LogP contribution is 2.29. The van der Waals surface area contributed by atoms with Crippen LogP contribution >= 0.6 is 11.5 Å². The zero-order chi connectivity index (χ0) is 12.3. The van der Waals surface area contributed by atoms with Crippen LogP contribution in [0.3, 0.4) is 0 Å². The summed E-state index contributed by atoms with van der Waals surface area (Å²) in [5, 5.41) is 1.69. The number of hydrogen-bond acceptors (Lipinski definition) is 3. The maximum Gasteiger partial charge on any atom is 0.416 e. The van der Waals surface area contributed by atoms with Crippen molar-refractivity contribution in [1.82, 2.24) is 4.37 Å². The van der Waals surface area contributed by atoms with Crippen molar-refractivity contribution in [3.8, 4) is 5.75 Å². The van der Waals surface area contributed by atoms with Gasteiger partial charge in [0.25, 0.3) is 0 Å². The average Bonchev–Trinajstić information content (AvgIpc) is 2.78. The fourth-order valence-electron chi connectivity index (χ4n) is 1.27. The lowest BCUT2D eigenvalue weighted by atomic mass is 10.1. The molecule has 1 aromatic carbocycles. The van der Waals surface area contributed by atoms with Crippen molar-refractivity contribution in [2.24, 2.45) is 0 Å². The minimum absolute atomic E-state index is 0.0995. The Bertz CT molecular complexity index is 482. The molecule has 0 aliphatic heterocycles. The number of rotatable bonds is 3. The third-order valence-electron chi connectivity index (χ3n) is 2.07. The molecule has 1 heterocycles. The summed E-state index contributed by atoms with van der Waals surface area (Å²) in [5.74, 6) is 0.562. The van der Waals surface area contributed by atoms with Gasteiger partial charge in [0.15, 0.2) is 5.75 Å². The first-order valence-electron chi connectivity index (χ1n) is 4.74. The van der Waals surface area contributed by atoms with Crippen molar-refractivity contribution in [2.75, 3.05) is 0 Å². The lowest BCUT2D eigenvalue weighted by molar-refractivity contribution is -0.137. The molecule has 6 heteroatoms. The molecule has 0 amide bonds. The van der Waals surface area contributed by atoms with Gasteiger partial charge in [-0.05, 0) is 29.2 Å². The fraction of sp³-hybridized carbons (Fsp3) is 0.182. The summed E-state index contributed by atoms with van der Waals surface area (Å²) in [4.78, 5) is 0. The first kappa shape index (κ1) is 11.9. The van der Waals surface area contributed by atoms with Crippen molar-refractivity contribution in [3.63, 3.8) is 0 Å². The lowest BCUT2D eigenvalue weighted by Crippen LogP contribution is -2.06. The normalized spacial score (nSPS) is 11.5. The van der Waals surface area contributed by atoms with Crippen LogP contribution in [0, 0.1) is 0 Å². The molecule has 0 saturated carbocycles. The molecular formula is C11H8F3NOS. The van der Waals surface area contributed by atoms with E-state index in [1.807, 2.05) is 0 Å². The Labute approximate surface area is 99.8 Å². The molecule has 0 aliphatic carbocycles. The second kappa shape index (κ2) is 4.75. The van der Waals surface area contributed by atoms with Gasteiger partial charge in [-0.2, -0.15) is 17.5 Å². The molecule has 0 radical (unpaired) electrons. The predicted octanol–water partition coefficient (Wildman–Crippen LogP) is 3.74. The van der Waals surface area contributed by atoms with Crippen molar-refractivity contribution in [2.45, 2.75) is 12.8 Å². The van der Waals surface area contributed by atoms with Crippen molar-refractivity contribution in [3.05, 3.63) is 47.0 Å². The Morgan fingerprint density at radius 2 is 2.12 bits per heavy atom. The summed E-state index contributed by atoms with van der Waals surface area (Å²) in [6.07, 6.45) is -2.79. The first-order valence-corrected chi connectivity index (χ1v) is 5.58. The molecule has 0 fully saturated rings. The first-order chi connectivity index (χ1) is 8.05. The lowest BCUT2D eigenvalue weighted by Gasteiger charge is -2.09. The molecule has 2 rings (SSSR count). The SMILES string of the molecule is FC(F)(F)c1cccc(COc2cnsc2)c1. The minimum Gasteiger partial charge on any atom is -0.486 e. The molecule has 1 aromatic heterocycles. The van der Waals surface area contributed by atoms with E-state index in [1.165, 1.54) is 23.8 Å². The minimum atomic E-state index is -4.32. The van der Waals surface area contributed by atoms with E-state index in [0.29, 0.717) is 11.3 Å². The number of ether oxygens (including phenoxy) is 1.